The first-order chi connectivity index (χ1) is 9.69. The third-order valence-electron chi connectivity index (χ3n) is 3.59. The van der Waals surface area contributed by atoms with Gasteiger partial charge in [-0.3, -0.25) is 0 Å². The Labute approximate surface area is 131 Å². The third-order valence-corrected chi connectivity index (χ3v) is 4.34. The molecule has 1 aromatic carbocycles. The lowest BCUT2D eigenvalue weighted by atomic mass is 9.99. The lowest BCUT2D eigenvalue weighted by Crippen LogP contribution is -2.17. The highest BCUT2D eigenvalue weighted by Gasteiger charge is 2.18. The fourth-order valence-corrected chi connectivity index (χ4v) is 3.11. The van der Waals surface area contributed by atoms with Gasteiger partial charge < -0.3 is 14.8 Å². The average molecular weight is 344 g/mol. The van der Waals surface area contributed by atoms with Crippen LogP contribution in [0.5, 0.6) is 11.5 Å². The second-order valence-corrected chi connectivity index (χ2v) is 5.69. The van der Waals surface area contributed by atoms with Crippen LogP contribution in [-0.2, 0) is 0 Å². The number of benzene rings is 1. The van der Waals surface area contributed by atoms with Crippen molar-refractivity contribution in [3.05, 3.63) is 22.2 Å². The summed E-state index contributed by atoms with van der Waals surface area (Å²) in [5.74, 6) is 1.66. The number of nitrogens with one attached hydrogen (secondary N) is 1. The first kappa shape index (κ1) is 17.3. The first-order valence-corrected chi connectivity index (χ1v) is 8.06. The molecule has 0 saturated heterocycles. The number of hydrogen-bond donors (Lipinski definition) is 1. The summed E-state index contributed by atoms with van der Waals surface area (Å²) in [7, 11) is 5.37. The average Bonchev–Trinajstić information content (AvgIpc) is 2.47. The maximum absolute atomic E-state index is 5.56. The summed E-state index contributed by atoms with van der Waals surface area (Å²) in [4.78, 5) is 0. The van der Waals surface area contributed by atoms with Crippen molar-refractivity contribution >= 4 is 15.9 Å². The highest BCUT2D eigenvalue weighted by Crippen LogP contribution is 2.40. The largest absolute Gasteiger partial charge is 0.495 e. The van der Waals surface area contributed by atoms with Crippen molar-refractivity contribution in [2.45, 2.75) is 45.1 Å². The maximum Gasteiger partial charge on any atom is 0.141 e. The summed E-state index contributed by atoms with van der Waals surface area (Å²) in [5, 5.41) is 3.39. The molecule has 20 heavy (non-hydrogen) atoms. The summed E-state index contributed by atoms with van der Waals surface area (Å²) in [5.41, 5.74) is 1.18. The summed E-state index contributed by atoms with van der Waals surface area (Å²) >= 11 is 3.57. The first-order valence-electron chi connectivity index (χ1n) is 7.27. The monoisotopic (exact) mass is 343 g/mol. The molecule has 4 heteroatoms. The molecule has 0 amide bonds. The Kier molecular flexibility index (Phi) is 8.00. The van der Waals surface area contributed by atoms with Crippen LogP contribution in [0.4, 0.5) is 0 Å². The molecule has 0 fully saturated rings. The number of halogens is 1. The topological polar surface area (TPSA) is 30.5 Å². The SMILES string of the molecule is CCCCCCC(NC)c1ccc(OC)c(Br)c1OC. The third kappa shape index (κ3) is 4.38. The number of rotatable bonds is 9. The second kappa shape index (κ2) is 9.24. The molecule has 0 aliphatic heterocycles. The molecule has 0 aliphatic rings. The van der Waals surface area contributed by atoms with E-state index in [0.717, 1.165) is 22.4 Å². The van der Waals surface area contributed by atoms with E-state index in [9.17, 15) is 0 Å². The van der Waals surface area contributed by atoms with Gasteiger partial charge in [0.15, 0.2) is 0 Å². The normalized spacial score (nSPS) is 12.2. The molecule has 3 nitrogen and oxygen atoms in total. The zero-order chi connectivity index (χ0) is 15.0. The van der Waals surface area contributed by atoms with Gasteiger partial charge in [-0.25, -0.2) is 0 Å². The minimum Gasteiger partial charge on any atom is -0.495 e. The molecule has 0 spiro atoms. The van der Waals surface area contributed by atoms with Crippen LogP contribution in [0.15, 0.2) is 16.6 Å². The van der Waals surface area contributed by atoms with E-state index in [1.807, 2.05) is 13.1 Å². The minimum atomic E-state index is 0.309. The van der Waals surface area contributed by atoms with Crippen LogP contribution in [0.25, 0.3) is 0 Å². The number of unbranched alkanes of at least 4 members (excludes halogenated alkanes) is 3. The summed E-state index contributed by atoms with van der Waals surface area (Å²) in [6.07, 6.45) is 6.20. The number of hydrogen-bond acceptors (Lipinski definition) is 3. The molecule has 1 rings (SSSR count). The van der Waals surface area contributed by atoms with E-state index >= 15 is 0 Å². The van der Waals surface area contributed by atoms with E-state index in [-0.39, 0.29) is 0 Å². The number of ether oxygens (including phenoxy) is 2. The fourth-order valence-electron chi connectivity index (χ4n) is 2.42. The van der Waals surface area contributed by atoms with Crippen LogP contribution in [0.2, 0.25) is 0 Å². The van der Waals surface area contributed by atoms with E-state index < -0.39 is 0 Å². The second-order valence-electron chi connectivity index (χ2n) is 4.89. The molecule has 1 N–H and O–H groups in total. The quantitative estimate of drug-likeness (QED) is 0.659. The van der Waals surface area contributed by atoms with Crippen molar-refractivity contribution in [2.75, 3.05) is 21.3 Å². The zero-order valence-electron chi connectivity index (χ0n) is 13.0. The summed E-state index contributed by atoms with van der Waals surface area (Å²) in [6, 6.07) is 4.38. The molecular weight excluding hydrogens is 318 g/mol. The molecule has 0 bridgehead atoms. The van der Waals surface area contributed by atoms with E-state index in [2.05, 4.69) is 34.2 Å². The lowest BCUT2D eigenvalue weighted by molar-refractivity contribution is 0.378. The molecule has 114 valence electrons. The molecule has 0 heterocycles. The van der Waals surface area contributed by atoms with Crippen LogP contribution in [-0.4, -0.2) is 21.3 Å². The summed E-state index contributed by atoms with van der Waals surface area (Å²) in [6.45, 7) is 2.24. The van der Waals surface area contributed by atoms with Gasteiger partial charge in [-0.1, -0.05) is 32.6 Å². The predicted octanol–water partition coefficient (Wildman–Crippen LogP) is 4.70. The molecule has 1 aromatic rings. The van der Waals surface area contributed by atoms with E-state index in [4.69, 9.17) is 9.47 Å². The van der Waals surface area contributed by atoms with Crippen LogP contribution in [0.3, 0.4) is 0 Å². The van der Waals surface area contributed by atoms with Gasteiger partial charge >= 0.3 is 0 Å². The maximum atomic E-state index is 5.56. The van der Waals surface area contributed by atoms with E-state index in [1.165, 1.54) is 31.2 Å². The van der Waals surface area contributed by atoms with Gasteiger partial charge in [0.25, 0.3) is 0 Å². The fraction of sp³-hybridized carbons (Fsp3) is 0.625. The Morgan fingerprint density at radius 1 is 1.15 bits per heavy atom. The number of methoxy groups -OCH3 is 2. The Hall–Kier alpha value is -0.740. The Bertz CT molecular complexity index is 410. The zero-order valence-corrected chi connectivity index (χ0v) is 14.5. The van der Waals surface area contributed by atoms with Crippen molar-refractivity contribution in [1.82, 2.24) is 5.32 Å². The Morgan fingerprint density at radius 2 is 1.90 bits per heavy atom. The van der Waals surface area contributed by atoms with Gasteiger partial charge in [-0.2, -0.15) is 0 Å². The molecule has 0 saturated carbocycles. The van der Waals surface area contributed by atoms with Gasteiger partial charge in [-0.15, -0.1) is 0 Å². The van der Waals surface area contributed by atoms with E-state index in [0.29, 0.717) is 6.04 Å². The van der Waals surface area contributed by atoms with Gasteiger partial charge in [0.2, 0.25) is 0 Å². The van der Waals surface area contributed by atoms with Crippen molar-refractivity contribution in [2.24, 2.45) is 0 Å². The predicted molar refractivity (Wildman–Crippen MR) is 87.8 cm³/mol. The molecule has 1 atom stereocenters. The Balaban J connectivity index is 2.88. The van der Waals surface area contributed by atoms with Gasteiger partial charge in [0.1, 0.15) is 16.0 Å². The van der Waals surface area contributed by atoms with Gasteiger partial charge in [-0.05, 0) is 41.5 Å². The van der Waals surface area contributed by atoms with Gasteiger partial charge in [0.05, 0.1) is 14.2 Å². The van der Waals surface area contributed by atoms with Gasteiger partial charge in [0, 0.05) is 11.6 Å². The molecule has 0 aliphatic carbocycles. The molecule has 1 unspecified atom stereocenters. The molecule has 0 radical (unpaired) electrons. The van der Waals surface area contributed by atoms with Crippen molar-refractivity contribution in [3.8, 4) is 11.5 Å². The van der Waals surface area contributed by atoms with Crippen LogP contribution >= 0.6 is 15.9 Å². The van der Waals surface area contributed by atoms with Crippen molar-refractivity contribution < 1.29 is 9.47 Å². The molecular formula is C16H26BrNO2. The van der Waals surface area contributed by atoms with E-state index in [1.54, 1.807) is 14.2 Å². The minimum absolute atomic E-state index is 0.309. The highest BCUT2D eigenvalue weighted by molar-refractivity contribution is 9.10. The van der Waals surface area contributed by atoms with Crippen molar-refractivity contribution in [1.29, 1.82) is 0 Å². The lowest BCUT2D eigenvalue weighted by Gasteiger charge is -2.21. The standard InChI is InChI=1S/C16H26BrNO2/c1-5-6-7-8-9-13(18-2)12-10-11-14(19-3)15(17)16(12)20-4/h10-11,13,18H,5-9H2,1-4H3. The van der Waals surface area contributed by atoms with Crippen LogP contribution in [0, 0.1) is 0 Å². The van der Waals surface area contributed by atoms with Crippen molar-refractivity contribution in [3.63, 3.8) is 0 Å². The highest BCUT2D eigenvalue weighted by atomic mass is 79.9. The van der Waals surface area contributed by atoms with Crippen LogP contribution in [0.1, 0.15) is 50.6 Å². The molecule has 0 aromatic heterocycles. The Morgan fingerprint density at radius 3 is 2.45 bits per heavy atom. The smallest absolute Gasteiger partial charge is 0.141 e. The van der Waals surface area contributed by atoms with Crippen LogP contribution < -0.4 is 14.8 Å². The summed E-state index contributed by atoms with van der Waals surface area (Å²) < 4.78 is 11.8.